The SMILES string of the molecule is Cc1cc(-c2nnc(C(=O)O)o2)ccn1. The molecule has 2 aromatic heterocycles. The topological polar surface area (TPSA) is 89.1 Å². The molecule has 0 atom stereocenters. The molecule has 0 aromatic carbocycles. The molecule has 6 heteroatoms. The standard InChI is InChI=1S/C9H7N3O3/c1-5-4-6(2-3-10-5)7-11-12-8(15-7)9(13)14/h2-4H,1H3,(H,13,14). The zero-order valence-electron chi connectivity index (χ0n) is 7.84. The normalized spacial score (nSPS) is 10.2. The van der Waals surface area contributed by atoms with Gasteiger partial charge in [0.25, 0.3) is 0 Å². The van der Waals surface area contributed by atoms with Gasteiger partial charge in [0.05, 0.1) is 0 Å². The van der Waals surface area contributed by atoms with Crippen molar-refractivity contribution in [3.63, 3.8) is 0 Å². The van der Waals surface area contributed by atoms with Crippen LogP contribution in [0.15, 0.2) is 22.7 Å². The second kappa shape index (κ2) is 3.49. The number of aryl methyl sites for hydroxylation is 1. The van der Waals surface area contributed by atoms with Gasteiger partial charge in [-0.1, -0.05) is 0 Å². The fourth-order valence-corrected chi connectivity index (χ4v) is 1.10. The first kappa shape index (κ1) is 9.32. The number of hydrogen-bond donors (Lipinski definition) is 1. The van der Waals surface area contributed by atoms with Crippen LogP contribution in [0, 0.1) is 6.92 Å². The predicted molar refractivity (Wildman–Crippen MR) is 49.2 cm³/mol. The lowest BCUT2D eigenvalue weighted by Crippen LogP contribution is -1.95. The van der Waals surface area contributed by atoms with Crippen molar-refractivity contribution in [1.82, 2.24) is 15.2 Å². The third-order valence-corrected chi connectivity index (χ3v) is 1.75. The molecular formula is C9H7N3O3. The molecule has 2 rings (SSSR count). The first-order valence-corrected chi connectivity index (χ1v) is 4.16. The van der Waals surface area contributed by atoms with E-state index in [1.54, 1.807) is 18.3 Å². The van der Waals surface area contributed by atoms with Crippen LogP contribution >= 0.6 is 0 Å². The molecule has 76 valence electrons. The van der Waals surface area contributed by atoms with Crippen LogP contribution in [0.5, 0.6) is 0 Å². The van der Waals surface area contributed by atoms with Gasteiger partial charge in [0.1, 0.15) is 0 Å². The lowest BCUT2D eigenvalue weighted by Gasteiger charge is -1.94. The van der Waals surface area contributed by atoms with E-state index in [2.05, 4.69) is 15.2 Å². The number of carbonyl (C=O) groups is 1. The van der Waals surface area contributed by atoms with Gasteiger partial charge in [0.2, 0.25) is 5.89 Å². The molecule has 0 bridgehead atoms. The highest BCUT2D eigenvalue weighted by Crippen LogP contribution is 2.17. The Morgan fingerprint density at radius 1 is 1.47 bits per heavy atom. The maximum atomic E-state index is 10.5. The van der Waals surface area contributed by atoms with Crippen LogP contribution in [0.1, 0.15) is 16.4 Å². The quantitative estimate of drug-likeness (QED) is 0.790. The molecule has 0 saturated heterocycles. The first-order valence-electron chi connectivity index (χ1n) is 4.16. The van der Waals surface area contributed by atoms with Crippen LogP contribution in [-0.2, 0) is 0 Å². The minimum atomic E-state index is -1.24. The molecule has 0 amide bonds. The number of carboxylic acid groups (broad SMARTS) is 1. The van der Waals surface area contributed by atoms with Gasteiger partial charge in [-0.05, 0) is 19.1 Å². The summed E-state index contributed by atoms with van der Waals surface area (Å²) < 4.78 is 4.94. The zero-order chi connectivity index (χ0) is 10.8. The molecule has 0 radical (unpaired) electrons. The summed E-state index contributed by atoms with van der Waals surface area (Å²) in [5.74, 6) is -1.48. The molecule has 0 fully saturated rings. The minimum Gasteiger partial charge on any atom is -0.474 e. The Morgan fingerprint density at radius 3 is 2.87 bits per heavy atom. The number of aromatic carboxylic acids is 1. The van der Waals surface area contributed by atoms with E-state index in [0.29, 0.717) is 5.56 Å². The minimum absolute atomic E-state index is 0.179. The van der Waals surface area contributed by atoms with E-state index >= 15 is 0 Å². The fraction of sp³-hybridized carbons (Fsp3) is 0.111. The summed E-state index contributed by atoms with van der Waals surface area (Å²) >= 11 is 0. The van der Waals surface area contributed by atoms with Crippen LogP contribution in [0.2, 0.25) is 0 Å². The molecule has 0 spiro atoms. The number of hydrogen-bond acceptors (Lipinski definition) is 5. The van der Waals surface area contributed by atoms with Crippen LogP contribution in [-0.4, -0.2) is 26.3 Å². The average molecular weight is 205 g/mol. The third kappa shape index (κ3) is 1.83. The van der Waals surface area contributed by atoms with Crippen molar-refractivity contribution in [2.45, 2.75) is 6.92 Å². The van der Waals surface area contributed by atoms with Gasteiger partial charge in [-0.15, -0.1) is 10.2 Å². The van der Waals surface area contributed by atoms with Crippen molar-refractivity contribution in [1.29, 1.82) is 0 Å². The van der Waals surface area contributed by atoms with E-state index in [1.165, 1.54) is 0 Å². The van der Waals surface area contributed by atoms with Crippen molar-refractivity contribution in [3.05, 3.63) is 29.9 Å². The first-order chi connectivity index (χ1) is 7.16. The Bertz CT molecular complexity index is 507. The Labute approximate surface area is 84.6 Å². The Morgan fingerprint density at radius 2 is 2.27 bits per heavy atom. The Hall–Kier alpha value is -2.24. The maximum Gasteiger partial charge on any atom is 0.393 e. The zero-order valence-corrected chi connectivity index (χ0v) is 7.84. The smallest absolute Gasteiger partial charge is 0.393 e. The summed E-state index contributed by atoms with van der Waals surface area (Å²) in [6, 6.07) is 3.41. The van der Waals surface area contributed by atoms with Gasteiger partial charge >= 0.3 is 11.9 Å². The van der Waals surface area contributed by atoms with Crippen LogP contribution in [0.3, 0.4) is 0 Å². The second-order valence-electron chi connectivity index (χ2n) is 2.90. The molecule has 2 heterocycles. The summed E-state index contributed by atoms with van der Waals surface area (Å²) in [4.78, 5) is 14.5. The summed E-state index contributed by atoms with van der Waals surface area (Å²) in [5.41, 5.74) is 1.45. The highest BCUT2D eigenvalue weighted by Gasteiger charge is 2.14. The van der Waals surface area contributed by atoms with E-state index < -0.39 is 11.9 Å². The molecule has 2 aromatic rings. The number of nitrogens with zero attached hydrogens (tertiary/aromatic N) is 3. The number of carboxylic acids is 1. The predicted octanol–water partition coefficient (Wildman–Crippen LogP) is 1.14. The molecular weight excluding hydrogens is 198 g/mol. The fourth-order valence-electron chi connectivity index (χ4n) is 1.10. The van der Waals surface area contributed by atoms with Crippen molar-refractivity contribution < 1.29 is 14.3 Å². The van der Waals surface area contributed by atoms with Crippen LogP contribution < -0.4 is 0 Å². The second-order valence-corrected chi connectivity index (χ2v) is 2.90. The van der Waals surface area contributed by atoms with Crippen LogP contribution in [0.25, 0.3) is 11.5 Å². The van der Waals surface area contributed by atoms with E-state index in [9.17, 15) is 4.79 Å². The number of rotatable bonds is 2. The molecule has 0 aliphatic heterocycles. The monoisotopic (exact) mass is 205 g/mol. The van der Waals surface area contributed by atoms with E-state index in [-0.39, 0.29) is 5.89 Å². The summed E-state index contributed by atoms with van der Waals surface area (Å²) in [6.07, 6.45) is 1.59. The average Bonchev–Trinajstić information content (AvgIpc) is 2.66. The molecule has 0 aliphatic rings. The largest absolute Gasteiger partial charge is 0.474 e. The van der Waals surface area contributed by atoms with E-state index in [4.69, 9.17) is 9.52 Å². The van der Waals surface area contributed by atoms with Crippen molar-refractivity contribution in [2.24, 2.45) is 0 Å². The molecule has 1 N–H and O–H groups in total. The summed E-state index contributed by atoms with van der Waals surface area (Å²) in [5, 5.41) is 15.6. The highest BCUT2D eigenvalue weighted by molar-refractivity contribution is 5.82. The summed E-state index contributed by atoms with van der Waals surface area (Å²) in [6.45, 7) is 1.82. The van der Waals surface area contributed by atoms with Gasteiger partial charge in [0.15, 0.2) is 0 Å². The Balaban J connectivity index is 2.41. The van der Waals surface area contributed by atoms with Gasteiger partial charge in [-0.25, -0.2) is 4.79 Å². The van der Waals surface area contributed by atoms with E-state index in [1.807, 2.05) is 6.92 Å². The van der Waals surface area contributed by atoms with Gasteiger partial charge in [-0.3, -0.25) is 4.98 Å². The van der Waals surface area contributed by atoms with Crippen molar-refractivity contribution in [2.75, 3.05) is 0 Å². The van der Waals surface area contributed by atoms with Gasteiger partial charge in [-0.2, -0.15) is 0 Å². The lowest BCUT2D eigenvalue weighted by molar-refractivity contribution is 0.0654. The Kier molecular flexibility index (Phi) is 2.17. The number of aromatic nitrogens is 3. The molecule has 15 heavy (non-hydrogen) atoms. The van der Waals surface area contributed by atoms with Crippen molar-refractivity contribution >= 4 is 5.97 Å². The van der Waals surface area contributed by atoms with Gasteiger partial charge in [0, 0.05) is 17.5 Å². The maximum absolute atomic E-state index is 10.5. The highest BCUT2D eigenvalue weighted by atomic mass is 16.4. The van der Waals surface area contributed by atoms with Crippen molar-refractivity contribution in [3.8, 4) is 11.5 Å². The molecule has 0 unspecified atom stereocenters. The van der Waals surface area contributed by atoms with E-state index in [0.717, 1.165) is 5.69 Å². The molecule has 0 saturated carbocycles. The lowest BCUT2D eigenvalue weighted by atomic mass is 10.2. The number of pyridine rings is 1. The molecule has 0 aliphatic carbocycles. The van der Waals surface area contributed by atoms with Crippen LogP contribution in [0.4, 0.5) is 0 Å². The summed E-state index contributed by atoms with van der Waals surface area (Å²) in [7, 11) is 0. The third-order valence-electron chi connectivity index (χ3n) is 1.75. The molecule has 6 nitrogen and oxygen atoms in total. The van der Waals surface area contributed by atoms with Gasteiger partial charge < -0.3 is 9.52 Å².